The highest BCUT2D eigenvalue weighted by atomic mass is 35.5. The molecule has 0 aliphatic rings. The lowest BCUT2D eigenvalue weighted by atomic mass is 10.3. The van der Waals surface area contributed by atoms with E-state index in [0.717, 1.165) is 0 Å². The molecule has 1 aromatic heterocycles. The van der Waals surface area contributed by atoms with E-state index in [-0.39, 0.29) is 34.8 Å². The highest BCUT2D eigenvalue weighted by Crippen LogP contribution is 2.15. The number of carboxylic acid groups (broad SMARTS) is 1. The molecule has 0 amide bonds. The van der Waals surface area contributed by atoms with Gasteiger partial charge in [-0.2, -0.15) is 4.98 Å². The van der Waals surface area contributed by atoms with Gasteiger partial charge < -0.3 is 5.11 Å². The van der Waals surface area contributed by atoms with Gasteiger partial charge in [0.1, 0.15) is 11.0 Å². The Morgan fingerprint density at radius 3 is 2.61 bits per heavy atom. The summed E-state index contributed by atoms with van der Waals surface area (Å²) in [5.74, 6) is -1.45. The van der Waals surface area contributed by atoms with Crippen LogP contribution in [0.2, 0.25) is 10.4 Å². The SMILES string of the molecule is O=C(O)CCCS(=O)(=O)Nc1cc(Cl)nc(Cl)n1. The van der Waals surface area contributed by atoms with Crippen LogP contribution in [-0.4, -0.2) is 35.2 Å². The number of hydrogen-bond donors (Lipinski definition) is 2. The summed E-state index contributed by atoms with van der Waals surface area (Å²) >= 11 is 11.1. The van der Waals surface area contributed by atoms with Gasteiger partial charge in [0.25, 0.3) is 0 Å². The summed E-state index contributed by atoms with van der Waals surface area (Å²) in [4.78, 5) is 17.4. The van der Waals surface area contributed by atoms with E-state index >= 15 is 0 Å². The lowest BCUT2D eigenvalue weighted by Gasteiger charge is -2.06. The fraction of sp³-hybridized carbons (Fsp3) is 0.375. The summed E-state index contributed by atoms with van der Waals surface area (Å²) in [6, 6.07) is 1.20. The number of hydrogen-bond acceptors (Lipinski definition) is 5. The van der Waals surface area contributed by atoms with Crippen molar-refractivity contribution in [2.45, 2.75) is 12.8 Å². The first-order chi connectivity index (χ1) is 8.28. The molecular formula is C8H9Cl2N3O4S. The van der Waals surface area contributed by atoms with Gasteiger partial charge in [0, 0.05) is 12.5 Å². The Hall–Kier alpha value is -1.12. The minimum absolute atomic E-state index is 0.00163. The number of aromatic nitrogens is 2. The van der Waals surface area contributed by atoms with Gasteiger partial charge in [0.05, 0.1) is 5.75 Å². The average molecular weight is 314 g/mol. The lowest BCUT2D eigenvalue weighted by molar-refractivity contribution is -0.137. The van der Waals surface area contributed by atoms with Crippen molar-refractivity contribution in [2.75, 3.05) is 10.5 Å². The summed E-state index contributed by atoms with van der Waals surface area (Å²) < 4.78 is 25.2. The first-order valence-electron chi connectivity index (χ1n) is 4.71. The molecule has 0 aliphatic carbocycles. The molecule has 100 valence electrons. The molecule has 0 atom stereocenters. The predicted molar refractivity (Wildman–Crippen MR) is 66.3 cm³/mol. The van der Waals surface area contributed by atoms with Crippen LogP contribution >= 0.6 is 23.2 Å². The van der Waals surface area contributed by atoms with Gasteiger partial charge in [-0.1, -0.05) is 11.6 Å². The number of halogens is 2. The van der Waals surface area contributed by atoms with Gasteiger partial charge in [-0.05, 0) is 18.0 Å². The number of aliphatic carboxylic acids is 1. The molecule has 0 saturated carbocycles. The molecule has 2 N–H and O–H groups in total. The Bertz CT molecular complexity index is 529. The summed E-state index contributed by atoms with van der Waals surface area (Å²) in [5, 5.41) is 8.21. The largest absolute Gasteiger partial charge is 0.481 e. The van der Waals surface area contributed by atoms with Crippen molar-refractivity contribution in [3.05, 3.63) is 16.5 Å². The Balaban J connectivity index is 2.67. The summed E-state index contributed by atoms with van der Waals surface area (Å²) in [6.45, 7) is 0. The molecule has 1 rings (SSSR count). The van der Waals surface area contributed by atoms with Crippen LogP contribution in [0.3, 0.4) is 0 Å². The number of nitrogens with zero attached hydrogens (tertiary/aromatic N) is 2. The maximum Gasteiger partial charge on any atom is 0.303 e. The lowest BCUT2D eigenvalue weighted by Crippen LogP contribution is -2.18. The summed E-state index contributed by atoms with van der Waals surface area (Å²) in [6.07, 6.45) is -0.233. The average Bonchev–Trinajstić information content (AvgIpc) is 2.12. The Kier molecular flexibility index (Phi) is 5.12. The van der Waals surface area contributed by atoms with Crippen LogP contribution in [0.1, 0.15) is 12.8 Å². The van der Waals surface area contributed by atoms with Crippen LogP contribution in [0, 0.1) is 0 Å². The molecule has 0 aromatic carbocycles. The highest BCUT2D eigenvalue weighted by Gasteiger charge is 2.13. The normalized spacial score (nSPS) is 11.2. The van der Waals surface area contributed by atoms with Gasteiger partial charge in [0.15, 0.2) is 0 Å². The summed E-state index contributed by atoms with van der Waals surface area (Å²) in [7, 11) is -3.68. The Labute approximate surface area is 113 Å². The zero-order valence-electron chi connectivity index (χ0n) is 8.93. The van der Waals surface area contributed by atoms with E-state index in [1.54, 1.807) is 0 Å². The first-order valence-corrected chi connectivity index (χ1v) is 7.12. The monoisotopic (exact) mass is 313 g/mol. The molecule has 0 aliphatic heterocycles. The zero-order valence-corrected chi connectivity index (χ0v) is 11.3. The van der Waals surface area contributed by atoms with Crippen LogP contribution in [-0.2, 0) is 14.8 Å². The third kappa shape index (κ3) is 5.48. The standard InChI is InChI=1S/C8H9Cl2N3O4S/c9-5-4-6(12-8(10)11-5)13-18(16,17)3-1-2-7(14)15/h4H,1-3H2,(H,14,15)(H,11,12,13). The van der Waals surface area contributed by atoms with E-state index in [4.69, 9.17) is 28.3 Å². The van der Waals surface area contributed by atoms with Crippen molar-refractivity contribution >= 4 is 45.0 Å². The third-order valence-electron chi connectivity index (χ3n) is 1.73. The molecule has 0 unspecified atom stereocenters. The predicted octanol–water partition coefficient (Wildman–Crippen LogP) is 1.39. The quantitative estimate of drug-likeness (QED) is 0.606. The molecule has 1 aromatic rings. The number of carbonyl (C=O) groups is 1. The number of sulfonamides is 1. The fourth-order valence-electron chi connectivity index (χ4n) is 1.07. The fourth-order valence-corrected chi connectivity index (χ4v) is 2.52. The maximum absolute atomic E-state index is 11.6. The second-order valence-corrected chi connectivity index (χ2v) is 5.83. The van der Waals surface area contributed by atoms with Crippen LogP contribution in [0.15, 0.2) is 6.07 Å². The number of carboxylic acids is 1. The van der Waals surface area contributed by atoms with Crippen molar-refractivity contribution in [1.82, 2.24) is 9.97 Å². The molecule has 0 spiro atoms. The van der Waals surface area contributed by atoms with E-state index in [2.05, 4.69) is 14.7 Å². The molecule has 1 heterocycles. The van der Waals surface area contributed by atoms with Crippen molar-refractivity contribution < 1.29 is 18.3 Å². The second kappa shape index (κ2) is 6.17. The second-order valence-electron chi connectivity index (χ2n) is 3.26. The van der Waals surface area contributed by atoms with Gasteiger partial charge >= 0.3 is 5.97 Å². The van der Waals surface area contributed by atoms with Gasteiger partial charge in [0.2, 0.25) is 15.3 Å². The van der Waals surface area contributed by atoms with E-state index in [0.29, 0.717) is 0 Å². The van der Waals surface area contributed by atoms with Crippen LogP contribution in [0.5, 0.6) is 0 Å². The van der Waals surface area contributed by atoms with Crippen molar-refractivity contribution in [3.8, 4) is 0 Å². The van der Waals surface area contributed by atoms with E-state index in [1.807, 2.05) is 0 Å². The van der Waals surface area contributed by atoms with Crippen LogP contribution in [0.4, 0.5) is 5.82 Å². The molecule has 0 bridgehead atoms. The van der Waals surface area contributed by atoms with Crippen molar-refractivity contribution in [3.63, 3.8) is 0 Å². The van der Waals surface area contributed by atoms with Gasteiger partial charge in [-0.3, -0.25) is 9.52 Å². The van der Waals surface area contributed by atoms with Crippen molar-refractivity contribution in [2.24, 2.45) is 0 Å². The van der Waals surface area contributed by atoms with E-state index in [1.165, 1.54) is 6.07 Å². The molecule has 7 nitrogen and oxygen atoms in total. The van der Waals surface area contributed by atoms with E-state index in [9.17, 15) is 13.2 Å². The minimum Gasteiger partial charge on any atom is -0.481 e. The molecule has 0 fully saturated rings. The van der Waals surface area contributed by atoms with Crippen LogP contribution < -0.4 is 4.72 Å². The first kappa shape index (κ1) is 14.9. The molecule has 0 radical (unpaired) electrons. The topological polar surface area (TPSA) is 109 Å². The number of anilines is 1. The van der Waals surface area contributed by atoms with Crippen molar-refractivity contribution in [1.29, 1.82) is 0 Å². The summed E-state index contributed by atoms with van der Waals surface area (Å²) in [5.41, 5.74) is 0. The minimum atomic E-state index is -3.68. The third-order valence-corrected chi connectivity index (χ3v) is 3.44. The highest BCUT2D eigenvalue weighted by molar-refractivity contribution is 7.92. The van der Waals surface area contributed by atoms with Gasteiger partial charge in [-0.15, -0.1) is 0 Å². The number of nitrogens with one attached hydrogen (secondary N) is 1. The maximum atomic E-state index is 11.6. The Morgan fingerprint density at radius 1 is 1.39 bits per heavy atom. The molecule has 10 heteroatoms. The molecule has 18 heavy (non-hydrogen) atoms. The van der Waals surface area contributed by atoms with Crippen LogP contribution in [0.25, 0.3) is 0 Å². The number of rotatable bonds is 6. The molecule has 0 saturated heterocycles. The zero-order chi connectivity index (χ0) is 13.8. The Morgan fingerprint density at radius 2 is 2.06 bits per heavy atom. The smallest absolute Gasteiger partial charge is 0.303 e. The molecular weight excluding hydrogens is 305 g/mol. The van der Waals surface area contributed by atoms with Gasteiger partial charge in [-0.25, -0.2) is 13.4 Å². The van der Waals surface area contributed by atoms with E-state index < -0.39 is 16.0 Å².